The number of ether oxygens (including phenoxy) is 4. The van der Waals surface area contributed by atoms with Crippen LogP contribution in [0.2, 0.25) is 0 Å². The highest BCUT2D eigenvalue weighted by Gasteiger charge is 2.63. The number of halogens is 2. The molecule has 2 N–H and O–H groups in total. The lowest BCUT2D eigenvalue weighted by Gasteiger charge is -2.26. The summed E-state index contributed by atoms with van der Waals surface area (Å²) in [5, 5.41) is 5.81. The molecule has 13 heteroatoms. The van der Waals surface area contributed by atoms with E-state index in [-0.39, 0.29) is 23.2 Å². The number of morpholine rings is 1. The third-order valence-electron chi connectivity index (χ3n) is 8.48. The molecule has 11 nitrogen and oxygen atoms in total. The predicted octanol–water partition coefficient (Wildman–Crippen LogP) is 5.41. The molecule has 2 heterocycles. The lowest BCUT2D eigenvalue weighted by Crippen LogP contribution is -2.37. The Labute approximate surface area is 270 Å². The first kappa shape index (κ1) is 32.1. The first-order valence-corrected chi connectivity index (χ1v) is 15.4. The van der Waals surface area contributed by atoms with Gasteiger partial charge in [-0.3, -0.25) is 14.5 Å². The van der Waals surface area contributed by atoms with Gasteiger partial charge >= 0.3 is 0 Å². The van der Waals surface area contributed by atoms with Gasteiger partial charge in [0.15, 0.2) is 23.1 Å². The number of methoxy groups -OCH3 is 1. The molecule has 0 spiro atoms. The zero-order valence-electron chi connectivity index (χ0n) is 26.1. The van der Waals surface area contributed by atoms with Crippen molar-refractivity contribution in [3.05, 3.63) is 72.6 Å². The summed E-state index contributed by atoms with van der Waals surface area (Å²) < 4.78 is 51.4. The summed E-state index contributed by atoms with van der Waals surface area (Å²) in [6.07, 6.45) is 2.46. The second kappa shape index (κ2) is 13.9. The molecule has 1 aromatic heterocycles. The number of nitrogens with zero attached hydrogens (tertiary/aromatic N) is 3. The molecule has 0 bridgehead atoms. The van der Waals surface area contributed by atoms with Gasteiger partial charge in [0.2, 0.25) is 17.7 Å². The van der Waals surface area contributed by atoms with Crippen LogP contribution in [0.5, 0.6) is 23.1 Å². The number of benzene rings is 3. The molecule has 1 saturated heterocycles. The lowest BCUT2D eigenvalue weighted by molar-refractivity contribution is -0.131. The smallest absolute Gasteiger partial charge is 0.240 e. The van der Waals surface area contributed by atoms with E-state index in [0.717, 1.165) is 45.3 Å². The van der Waals surface area contributed by atoms with Gasteiger partial charge in [-0.15, -0.1) is 0 Å². The van der Waals surface area contributed by atoms with Gasteiger partial charge in [0.05, 0.1) is 37.8 Å². The monoisotopic (exact) mass is 647 g/mol. The van der Waals surface area contributed by atoms with Crippen LogP contribution in [0, 0.1) is 23.0 Å². The highest BCUT2D eigenvalue weighted by atomic mass is 19.1. The Morgan fingerprint density at radius 3 is 2.34 bits per heavy atom. The number of nitrogens with one attached hydrogen (secondary N) is 2. The number of carbonyl (C=O) groups excluding carboxylic acids is 2. The standard InChI is InChI=1S/C34H35F2N5O6/c1-21-19-34(21,32(42)39-23-6-4-22(35)5-7-23)33(43)40-24-8-9-28(26(36)16-24)47-31-25-17-29(44-2)30(18-27(25)37-20-38-31)46-13-3-10-41-11-14-45-15-12-41/h4-9,16-18,20-21H,3,10-15,19H2,1-2H3,(H,39,42)(H,40,43). The average molecular weight is 648 g/mol. The van der Waals surface area contributed by atoms with E-state index in [1.54, 1.807) is 19.1 Å². The summed E-state index contributed by atoms with van der Waals surface area (Å²) in [7, 11) is 1.53. The van der Waals surface area contributed by atoms with Crippen molar-refractivity contribution in [2.24, 2.45) is 11.3 Å². The van der Waals surface area contributed by atoms with Gasteiger partial charge in [-0.1, -0.05) is 6.92 Å². The van der Waals surface area contributed by atoms with Crippen molar-refractivity contribution in [3.63, 3.8) is 0 Å². The number of rotatable bonds is 12. The molecule has 1 saturated carbocycles. The summed E-state index contributed by atoms with van der Waals surface area (Å²) >= 11 is 0. The van der Waals surface area contributed by atoms with E-state index in [9.17, 15) is 14.0 Å². The van der Waals surface area contributed by atoms with Crippen LogP contribution in [0.15, 0.2) is 60.9 Å². The fraction of sp³-hybridized carbons (Fsp3) is 0.353. The maximum absolute atomic E-state index is 15.3. The van der Waals surface area contributed by atoms with Crippen molar-refractivity contribution in [3.8, 4) is 23.1 Å². The summed E-state index contributed by atoms with van der Waals surface area (Å²) in [5.74, 6) is -1.56. The molecule has 6 rings (SSSR count). The Hall–Kier alpha value is -4.88. The van der Waals surface area contributed by atoms with Gasteiger partial charge in [0, 0.05) is 43.1 Å². The highest BCUT2D eigenvalue weighted by Crippen LogP contribution is 2.53. The second-order valence-electron chi connectivity index (χ2n) is 11.6. The van der Waals surface area contributed by atoms with Crippen molar-refractivity contribution >= 4 is 34.1 Å². The zero-order valence-corrected chi connectivity index (χ0v) is 26.1. The van der Waals surface area contributed by atoms with Crippen molar-refractivity contribution in [2.75, 3.05) is 57.2 Å². The molecule has 2 unspecified atom stereocenters. The summed E-state index contributed by atoms with van der Waals surface area (Å²) in [5.41, 5.74) is -0.290. The zero-order chi connectivity index (χ0) is 33.0. The highest BCUT2D eigenvalue weighted by molar-refractivity contribution is 6.17. The molecule has 2 fully saturated rings. The molecule has 3 aromatic carbocycles. The van der Waals surface area contributed by atoms with E-state index in [2.05, 4.69) is 25.5 Å². The molecule has 1 aliphatic carbocycles. The van der Waals surface area contributed by atoms with Crippen LogP contribution in [0.4, 0.5) is 20.2 Å². The number of fused-ring (bicyclic) bond motifs is 1. The molecule has 2 aliphatic rings. The van der Waals surface area contributed by atoms with Gasteiger partial charge in [-0.2, -0.15) is 0 Å². The molecule has 2 atom stereocenters. The second-order valence-corrected chi connectivity index (χ2v) is 11.6. The van der Waals surface area contributed by atoms with Crippen LogP contribution >= 0.6 is 0 Å². The van der Waals surface area contributed by atoms with Gasteiger partial charge in [0.25, 0.3) is 0 Å². The van der Waals surface area contributed by atoms with Crippen LogP contribution in [-0.2, 0) is 14.3 Å². The summed E-state index contributed by atoms with van der Waals surface area (Å²) in [6, 6.07) is 12.6. The molecule has 47 heavy (non-hydrogen) atoms. The van der Waals surface area contributed by atoms with E-state index < -0.39 is 28.9 Å². The van der Waals surface area contributed by atoms with Crippen LogP contribution in [-0.4, -0.2) is 73.2 Å². The van der Waals surface area contributed by atoms with Gasteiger partial charge < -0.3 is 29.6 Å². The maximum atomic E-state index is 15.3. The van der Waals surface area contributed by atoms with E-state index in [1.165, 1.54) is 49.8 Å². The van der Waals surface area contributed by atoms with E-state index >= 15 is 4.39 Å². The number of amides is 2. The van der Waals surface area contributed by atoms with Crippen molar-refractivity contribution in [1.82, 2.24) is 14.9 Å². The number of hydrogen-bond donors (Lipinski definition) is 2. The van der Waals surface area contributed by atoms with E-state index in [4.69, 9.17) is 18.9 Å². The molecule has 2 amide bonds. The Morgan fingerprint density at radius 1 is 0.957 bits per heavy atom. The normalized spacial score (nSPS) is 19.2. The van der Waals surface area contributed by atoms with E-state index in [1.807, 2.05) is 0 Å². The van der Waals surface area contributed by atoms with Gasteiger partial charge in [0.1, 0.15) is 17.6 Å². The SMILES string of the molecule is COc1cc2c(Oc3ccc(NC(=O)C4(C(=O)Nc5ccc(F)cc5)CC4C)cc3F)ncnc2cc1OCCCN1CCOCC1. The predicted molar refractivity (Wildman–Crippen MR) is 170 cm³/mol. The number of aromatic nitrogens is 2. The van der Waals surface area contributed by atoms with E-state index in [0.29, 0.717) is 41.1 Å². The maximum Gasteiger partial charge on any atom is 0.240 e. The van der Waals surface area contributed by atoms with Gasteiger partial charge in [-0.25, -0.2) is 18.7 Å². The largest absolute Gasteiger partial charge is 0.493 e. The summed E-state index contributed by atoms with van der Waals surface area (Å²) in [6.45, 7) is 6.49. The lowest BCUT2D eigenvalue weighted by atomic mass is 10.0. The summed E-state index contributed by atoms with van der Waals surface area (Å²) in [4.78, 5) is 37.2. The Kier molecular flexibility index (Phi) is 9.45. The quantitative estimate of drug-likeness (QED) is 0.153. The van der Waals surface area contributed by atoms with Gasteiger partial charge in [-0.05, 0) is 61.2 Å². The fourth-order valence-corrected chi connectivity index (χ4v) is 5.63. The van der Waals surface area contributed by atoms with Crippen LogP contribution in [0.3, 0.4) is 0 Å². The number of carbonyl (C=O) groups is 2. The first-order chi connectivity index (χ1) is 22.8. The molecular weight excluding hydrogens is 612 g/mol. The van der Waals surface area contributed by atoms with Crippen molar-refractivity contribution in [1.29, 1.82) is 0 Å². The molecular formula is C34H35F2N5O6. The Bertz CT molecular complexity index is 1770. The minimum absolute atomic E-state index is 0.103. The first-order valence-electron chi connectivity index (χ1n) is 15.4. The topological polar surface area (TPSA) is 124 Å². The minimum atomic E-state index is -1.33. The molecule has 1 aliphatic heterocycles. The van der Waals surface area contributed by atoms with Crippen molar-refractivity contribution in [2.45, 2.75) is 19.8 Å². The minimum Gasteiger partial charge on any atom is -0.493 e. The molecule has 4 aromatic rings. The Balaban J connectivity index is 1.11. The van der Waals surface area contributed by atoms with Crippen LogP contribution in [0.25, 0.3) is 10.9 Å². The third kappa shape index (κ3) is 7.10. The van der Waals surface area contributed by atoms with Crippen LogP contribution < -0.4 is 24.8 Å². The average Bonchev–Trinajstić information content (AvgIpc) is 3.77. The van der Waals surface area contributed by atoms with Crippen LogP contribution in [0.1, 0.15) is 19.8 Å². The fourth-order valence-electron chi connectivity index (χ4n) is 5.63. The number of hydrogen-bond acceptors (Lipinski definition) is 9. The molecule has 246 valence electrons. The Morgan fingerprint density at radius 2 is 1.66 bits per heavy atom. The molecule has 0 radical (unpaired) electrons. The van der Waals surface area contributed by atoms with Crippen molar-refractivity contribution < 1.29 is 37.3 Å². The third-order valence-corrected chi connectivity index (χ3v) is 8.48. The number of anilines is 2.